The van der Waals surface area contributed by atoms with E-state index in [2.05, 4.69) is 29.6 Å². The molecule has 22 heavy (non-hydrogen) atoms. The van der Waals surface area contributed by atoms with Crippen molar-refractivity contribution in [3.8, 4) is 0 Å². The first-order chi connectivity index (χ1) is 10.7. The number of hydrogen-bond donors (Lipinski definition) is 1. The van der Waals surface area contributed by atoms with Crippen LogP contribution in [0.3, 0.4) is 0 Å². The van der Waals surface area contributed by atoms with Crippen LogP contribution < -0.4 is 5.32 Å². The normalized spacial score (nSPS) is 20.7. The molecule has 0 bridgehead atoms. The average Bonchev–Trinajstić information content (AvgIpc) is 3.33. The zero-order valence-electron chi connectivity index (χ0n) is 12.5. The highest BCUT2D eigenvalue weighted by Crippen LogP contribution is 2.46. The Morgan fingerprint density at radius 2 is 1.59 bits per heavy atom. The number of hydrogen-bond acceptors (Lipinski definition) is 3. The van der Waals surface area contributed by atoms with Gasteiger partial charge in [0.15, 0.2) is 9.84 Å². The van der Waals surface area contributed by atoms with Gasteiger partial charge in [-0.1, -0.05) is 48.5 Å². The maximum absolute atomic E-state index is 12.1. The summed E-state index contributed by atoms with van der Waals surface area (Å²) in [7, 11) is -3.17. The molecule has 2 atom stereocenters. The Morgan fingerprint density at radius 1 is 0.955 bits per heavy atom. The van der Waals surface area contributed by atoms with Gasteiger partial charge in [-0.25, -0.2) is 8.42 Å². The lowest BCUT2D eigenvalue weighted by Crippen LogP contribution is -2.25. The van der Waals surface area contributed by atoms with Crippen LogP contribution in [0.25, 0.3) is 0 Å². The van der Waals surface area contributed by atoms with Crippen LogP contribution in [0.5, 0.6) is 0 Å². The van der Waals surface area contributed by atoms with Gasteiger partial charge < -0.3 is 5.32 Å². The maximum Gasteiger partial charge on any atom is 0.179 e. The van der Waals surface area contributed by atoms with Gasteiger partial charge in [0, 0.05) is 6.54 Å². The number of benzene rings is 2. The number of sulfone groups is 1. The van der Waals surface area contributed by atoms with Crippen LogP contribution in [0.15, 0.2) is 65.6 Å². The van der Waals surface area contributed by atoms with Gasteiger partial charge in [-0.05, 0) is 42.5 Å². The quantitative estimate of drug-likeness (QED) is 0.799. The van der Waals surface area contributed by atoms with Crippen molar-refractivity contribution in [1.82, 2.24) is 5.32 Å². The fourth-order valence-electron chi connectivity index (χ4n) is 2.82. The third-order valence-corrected chi connectivity index (χ3v) is 5.94. The van der Waals surface area contributed by atoms with Crippen molar-refractivity contribution in [2.45, 2.75) is 17.2 Å². The molecule has 3 rings (SSSR count). The Labute approximate surface area is 132 Å². The molecule has 0 aromatic heterocycles. The van der Waals surface area contributed by atoms with E-state index in [1.807, 2.05) is 12.1 Å². The average molecular weight is 315 g/mol. The third-order valence-electron chi connectivity index (χ3n) is 4.21. The summed E-state index contributed by atoms with van der Waals surface area (Å²) in [5, 5.41) is 3.29. The highest BCUT2D eigenvalue weighted by atomic mass is 32.2. The van der Waals surface area contributed by atoms with Gasteiger partial charge in [-0.2, -0.15) is 0 Å². The topological polar surface area (TPSA) is 46.2 Å². The summed E-state index contributed by atoms with van der Waals surface area (Å²) in [5.74, 6) is 1.43. The van der Waals surface area contributed by atoms with E-state index in [0.717, 1.165) is 6.54 Å². The van der Waals surface area contributed by atoms with Crippen molar-refractivity contribution in [3.05, 3.63) is 66.2 Å². The first-order valence-corrected chi connectivity index (χ1v) is 9.35. The third kappa shape index (κ3) is 3.76. The van der Waals surface area contributed by atoms with Crippen LogP contribution in [0.4, 0.5) is 0 Å². The SMILES string of the molecule is O=S(=O)(CCNC[C@H]1C[C@H]1c1ccccc1)c1ccccc1. The first-order valence-electron chi connectivity index (χ1n) is 7.70. The van der Waals surface area contributed by atoms with E-state index in [1.165, 1.54) is 12.0 Å². The van der Waals surface area contributed by atoms with E-state index >= 15 is 0 Å². The van der Waals surface area contributed by atoms with Crippen molar-refractivity contribution in [2.24, 2.45) is 5.92 Å². The molecule has 4 heteroatoms. The highest BCUT2D eigenvalue weighted by molar-refractivity contribution is 7.91. The van der Waals surface area contributed by atoms with Crippen molar-refractivity contribution in [2.75, 3.05) is 18.8 Å². The summed E-state index contributed by atoms with van der Waals surface area (Å²) in [6.07, 6.45) is 1.20. The van der Waals surface area contributed by atoms with Gasteiger partial charge in [0.05, 0.1) is 10.6 Å². The lowest BCUT2D eigenvalue weighted by atomic mass is 10.1. The van der Waals surface area contributed by atoms with Gasteiger partial charge >= 0.3 is 0 Å². The molecule has 2 aromatic rings. The molecule has 1 N–H and O–H groups in total. The van der Waals surface area contributed by atoms with Gasteiger partial charge in [-0.3, -0.25) is 0 Å². The fourth-order valence-corrected chi connectivity index (χ4v) is 4.04. The number of rotatable bonds is 7. The molecule has 0 spiro atoms. The molecule has 1 aliphatic rings. The van der Waals surface area contributed by atoms with E-state index in [1.54, 1.807) is 24.3 Å². The Balaban J connectivity index is 1.42. The Kier molecular flexibility index (Phi) is 4.60. The summed E-state index contributed by atoms with van der Waals surface area (Å²) < 4.78 is 24.3. The second kappa shape index (κ2) is 6.63. The van der Waals surface area contributed by atoms with E-state index < -0.39 is 9.84 Å². The predicted molar refractivity (Wildman–Crippen MR) is 88.7 cm³/mol. The first kappa shape index (κ1) is 15.3. The molecule has 0 heterocycles. The standard InChI is InChI=1S/C18H21NO2S/c20-22(21,17-9-5-2-6-10-17)12-11-19-14-16-13-18(16)15-7-3-1-4-8-15/h1-10,16,18-19H,11-14H2/t16-,18+/m1/s1. The van der Waals surface area contributed by atoms with Gasteiger partial charge in [0.2, 0.25) is 0 Å². The van der Waals surface area contributed by atoms with Crippen LogP contribution >= 0.6 is 0 Å². The van der Waals surface area contributed by atoms with Gasteiger partial charge in [0.25, 0.3) is 0 Å². The summed E-state index contributed by atoms with van der Waals surface area (Å²) >= 11 is 0. The minimum Gasteiger partial charge on any atom is -0.315 e. The van der Waals surface area contributed by atoms with Gasteiger partial charge in [-0.15, -0.1) is 0 Å². The Hall–Kier alpha value is -1.65. The molecule has 0 saturated heterocycles. The smallest absolute Gasteiger partial charge is 0.179 e. The van der Waals surface area contributed by atoms with Crippen LogP contribution in [0.2, 0.25) is 0 Å². The largest absolute Gasteiger partial charge is 0.315 e. The fraction of sp³-hybridized carbons (Fsp3) is 0.333. The molecule has 1 aliphatic carbocycles. The molecule has 3 nitrogen and oxygen atoms in total. The lowest BCUT2D eigenvalue weighted by molar-refractivity contribution is 0.587. The van der Waals surface area contributed by atoms with Crippen molar-refractivity contribution in [3.63, 3.8) is 0 Å². The van der Waals surface area contributed by atoms with Gasteiger partial charge in [0.1, 0.15) is 0 Å². The van der Waals surface area contributed by atoms with Crippen molar-refractivity contribution in [1.29, 1.82) is 0 Å². The minimum absolute atomic E-state index is 0.153. The maximum atomic E-state index is 12.1. The van der Waals surface area contributed by atoms with Crippen LogP contribution in [-0.2, 0) is 9.84 Å². The molecule has 0 radical (unpaired) electrons. The van der Waals surface area contributed by atoms with Crippen LogP contribution in [0, 0.1) is 5.92 Å². The second-order valence-corrected chi connectivity index (χ2v) is 7.96. The van der Waals surface area contributed by atoms with E-state index in [4.69, 9.17) is 0 Å². The Bertz CT molecular complexity index is 698. The Morgan fingerprint density at radius 3 is 2.27 bits per heavy atom. The molecule has 1 fully saturated rings. The van der Waals surface area contributed by atoms with E-state index in [9.17, 15) is 8.42 Å². The van der Waals surface area contributed by atoms with Crippen molar-refractivity contribution >= 4 is 9.84 Å². The number of nitrogens with one attached hydrogen (secondary N) is 1. The molecular formula is C18H21NO2S. The summed E-state index contributed by atoms with van der Waals surface area (Å²) in [6.45, 7) is 1.40. The lowest BCUT2D eigenvalue weighted by Gasteiger charge is -2.06. The molecule has 0 amide bonds. The van der Waals surface area contributed by atoms with E-state index in [-0.39, 0.29) is 5.75 Å². The predicted octanol–water partition coefficient (Wildman–Crippen LogP) is 2.85. The summed E-state index contributed by atoms with van der Waals surface area (Å²) in [4.78, 5) is 0.408. The zero-order chi connectivity index (χ0) is 15.4. The van der Waals surface area contributed by atoms with Crippen LogP contribution in [0.1, 0.15) is 17.9 Å². The van der Waals surface area contributed by atoms with Crippen LogP contribution in [-0.4, -0.2) is 27.3 Å². The molecule has 2 aromatic carbocycles. The minimum atomic E-state index is -3.17. The highest BCUT2D eigenvalue weighted by Gasteiger charge is 2.37. The molecule has 116 valence electrons. The molecule has 1 saturated carbocycles. The summed E-state index contributed by atoms with van der Waals surface area (Å²) in [5.41, 5.74) is 1.39. The van der Waals surface area contributed by atoms with E-state index in [0.29, 0.717) is 23.3 Å². The monoisotopic (exact) mass is 315 g/mol. The summed E-state index contributed by atoms with van der Waals surface area (Å²) in [6, 6.07) is 19.2. The van der Waals surface area contributed by atoms with Crippen molar-refractivity contribution < 1.29 is 8.42 Å². The zero-order valence-corrected chi connectivity index (χ0v) is 13.3. The molecule has 0 unspecified atom stereocenters. The second-order valence-electron chi connectivity index (χ2n) is 5.85. The molecule has 0 aliphatic heterocycles. The molecular weight excluding hydrogens is 294 g/mol.